The molecular formula is C21H26O3. The second kappa shape index (κ2) is 4.91. The van der Waals surface area contributed by atoms with Gasteiger partial charge < -0.3 is 4.74 Å². The molecule has 0 unspecified atom stereocenters. The first-order chi connectivity index (χ1) is 11.6. The van der Waals surface area contributed by atoms with Gasteiger partial charge in [0.25, 0.3) is 0 Å². The Morgan fingerprint density at radius 2 is 1.92 bits per heavy atom. The van der Waals surface area contributed by atoms with Crippen LogP contribution >= 0.6 is 0 Å². The van der Waals surface area contributed by atoms with Gasteiger partial charge >= 0.3 is 0 Å². The molecule has 0 radical (unpaired) electrons. The molecule has 5 aliphatic rings. The summed E-state index contributed by atoms with van der Waals surface area (Å²) in [5.74, 6) is 1.86. The van der Waals surface area contributed by atoms with Crippen LogP contribution in [0.25, 0.3) is 0 Å². The lowest BCUT2D eigenvalue weighted by molar-refractivity contribution is -0.149. The highest BCUT2D eigenvalue weighted by molar-refractivity contribution is 5.93. The van der Waals surface area contributed by atoms with E-state index in [2.05, 4.69) is 6.92 Å². The Hall–Kier alpha value is -1.22. The molecule has 128 valence electrons. The Labute approximate surface area is 143 Å². The standard InChI is InChI=1S/C21H26O3/c1-20-9-6-16-15-5-3-14(22)12-13(15)2-4-17(16)18(20)7-10-21(20)19(23)8-11-24-21/h12,17-18H,2-11H2,1H3/t17-,18+,20+,21-/m1/s1. The quantitative estimate of drug-likeness (QED) is 0.677. The molecule has 0 amide bonds. The van der Waals surface area contributed by atoms with Crippen LogP contribution in [0.2, 0.25) is 0 Å². The summed E-state index contributed by atoms with van der Waals surface area (Å²) in [6, 6.07) is 0. The third-order valence-corrected chi connectivity index (χ3v) is 7.98. The zero-order valence-electron chi connectivity index (χ0n) is 14.5. The fourth-order valence-corrected chi connectivity index (χ4v) is 6.83. The van der Waals surface area contributed by atoms with Crippen LogP contribution in [0.3, 0.4) is 0 Å². The number of hydrogen-bond acceptors (Lipinski definition) is 3. The van der Waals surface area contributed by atoms with Gasteiger partial charge in [0.05, 0.1) is 6.61 Å². The Bertz CT molecular complexity index is 700. The highest BCUT2D eigenvalue weighted by atomic mass is 16.5. The zero-order valence-corrected chi connectivity index (χ0v) is 14.5. The minimum absolute atomic E-state index is 0.0149. The molecule has 1 heterocycles. The van der Waals surface area contributed by atoms with E-state index >= 15 is 0 Å². The van der Waals surface area contributed by atoms with Gasteiger partial charge in [-0.15, -0.1) is 0 Å². The van der Waals surface area contributed by atoms with E-state index in [9.17, 15) is 9.59 Å². The van der Waals surface area contributed by atoms with Crippen molar-refractivity contribution in [3.8, 4) is 0 Å². The summed E-state index contributed by atoms with van der Waals surface area (Å²) in [5.41, 5.74) is 3.99. The highest BCUT2D eigenvalue weighted by Crippen LogP contribution is 2.65. The van der Waals surface area contributed by atoms with E-state index in [1.54, 1.807) is 5.57 Å². The number of rotatable bonds is 0. The molecule has 0 N–H and O–H groups in total. The normalized spacial score (nSPS) is 44.5. The lowest BCUT2D eigenvalue weighted by Gasteiger charge is -2.51. The number of ketones is 2. The number of hydrogen-bond donors (Lipinski definition) is 0. The minimum atomic E-state index is -0.480. The van der Waals surface area contributed by atoms with Crippen molar-refractivity contribution in [3.05, 3.63) is 22.8 Å². The molecule has 5 rings (SSSR count). The maximum atomic E-state index is 12.7. The van der Waals surface area contributed by atoms with Gasteiger partial charge in [-0.2, -0.15) is 0 Å². The van der Waals surface area contributed by atoms with Crippen molar-refractivity contribution in [2.75, 3.05) is 6.61 Å². The van der Waals surface area contributed by atoms with E-state index in [1.807, 2.05) is 6.08 Å². The monoisotopic (exact) mass is 326 g/mol. The Morgan fingerprint density at radius 1 is 1.04 bits per heavy atom. The Kier molecular flexibility index (Phi) is 3.08. The second-order valence-electron chi connectivity index (χ2n) is 8.70. The van der Waals surface area contributed by atoms with Gasteiger partial charge in [-0.25, -0.2) is 0 Å². The molecule has 3 nitrogen and oxygen atoms in total. The second-order valence-corrected chi connectivity index (χ2v) is 8.70. The molecule has 0 aromatic rings. The average Bonchev–Trinajstić information content (AvgIpc) is 3.09. The number of allylic oxidation sites excluding steroid dienone is 4. The van der Waals surface area contributed by atoms with Crippen LogP contribution in [0.15, 0.2) is 22.8 Å². The summed E-state index contributed by atoms with van der Waals surface area (Å²) in [6.07, 6.45) is 10.6. The van der Waals surface area contributed by atoms with E-state index in [4.69, 9.17) is 4.74 Å². The number of carbonyl (C=O) groups excluding carboxylic acids is 2. The predicted octanol–water partition coefficient (Wildman–Crippen LogP) is 3.92. The maximum Gasteiger partial charge on any atom is 0.167 e. The van der Waals surface area contributed by atoms with Gasteiger partial charge in [0.2, 0.25) is 0 Å². The lowest BCUT2D eigenvalue weighted by Crippen LogP contribution is -2.53. The van der Waals surface area contributed by atoms with Crippen molar-refractivity contribution >= 4 is 11.6 Å². The number of carbonyl (C=O) groups is 2. The fraction of sp³-hybridized carbons (Fsp3) is 0.714. The van der Waals surface area contributed by atoms with Gasteiger partial charge in [0.15, 0.2) is 11.6 Å². The molecular weight excluding hydrogens is 300 g/mol. The van der Waals surface area contributed by atoms with Crippen LogP contribution < -0.4 is 0 Å². The summed E-state index contributed by atoms with van der Waals surface area (Å²) in [7, 11) is 0. The summed E-state index contributed by atoms with van der Waals surface area (Å²) in [5, 5.41) is 0. The lowest BCUT2D eigenvalue weighted by atomic mass is 9.54. The van der Waals surface area contributed by atoms with Crippen LogP contribution in [-0.4, -0.2) is 23.8 Å². The van der Waals surface area contributed by atoms with Crippen molar-refractivity contribution in [3.63, 3.8) is 0 Å². The van der Waals surface area contributed by atoms with Gasteiger partial charge in [-0.1, -0.05) is 12.5 Å². The van der Waals surface area contributed by atoms with E-state index in [-0.39, 0.29) is 5.41 Å². The average molecular weight is 326 g/mol. The largest absolute Gasteiger partial charge is 0.366 e. The fourth-order valence-electron chi connectivity index (χ4n) is 6.83. The van der Waals surface area contributed by atoms with Crippen molar-refractivity contribution in [1.29, 1.82) is 0 Å². The summed E-state index contributed by atoms with van der Waals surface area (Å²) in [4.78, 5) is 24.5. The molecule has 1 aliphatic heterocycles. The minimum Gasteiger partial charge on any atom is -0.366 e. The Morgan fingerprint density at radius 3 is 2.71 bits per heavy atom. The van der Waals surface area contributed by atoms with Crippen molar-refractivity contribution < 1.29 is 14.3 Å². The maximum absolute atomic E-state index is 12.7. The summed E-state index contributed by atoms with van der Waals surface area (Å²) in [6.45, 7) is 2.96. The molecule has 1 saturated heterocycles. The van der Waals surface area contributed by atoms with Gasteiger partial charge in [0.1, 0.15) is 5.60 Å². The SMILES string of the molecule is C[C@]12CCC3=C4CCC(=O)C=C4CC[C@H]3[C@@H]1CC[C@]21OCCC1=O. The van der Waals surface area contributed by atoms with Crippen LogP contribution in [0.1, 0.15) is 64.7 Å². The number of ether oxygens (including phenoxy) is 1. The first kappa shape index (κ1) is 15.1. The molecule has 3 heteroatoms. The molecule has 0 bridgehead atoms. The number of fused-ring (bicyclic) bond motifs is 5. The summed E-state index contributed by atoms with van der Waals surface area (Å²) < 4.78 is 6.16. The van der Waals surface area contributed by atoms with E-state index in [1.165, 1.54) is 11.1 Å². The van der Waals surface area contributed by atoms with Crippen molar-refractivity contribution in [1.82, 2.24) is 0 Å². The first-order valence-corrected chi connectivity index (χ1v) is 9.68. The molecule has 4 aliphatic carbocycles. The third-order valence-electron chi connectivity index (χ3n) is 7.98. The van der Waals surface area contributed by atoms with Crippen molar-refractivity contribution in [2.24, 2.45) is 17.3 Å². The van der Waals surface area contributed by atoms with Gasteiger partial charge in [-0.05, 0) is 74.0 Å². The molecule has 3 fully saturated rings. The van der Waals surface area contributed by atoms with Crippen LogP contribution in [0.4, 0.5) is 0 Å². The molecule has 0 aromatic carbocycles. The zero-order chi connectivity index (χ0) is 16.5. The topological polar surface area (TPSA) is 43.4 Å². The highest BCUT2D eigenvalue weighted by Gasteiger charge is 2.66. The molecule has 24 heavy (non-hydrogen) atoms. The molecule has 2 saturated carbocycles. The van der Waals surface area contributed by atoms with Gasteiger partial charge in [-0.3, -0.25) is 9.59 Å². The van der Waals surface area contributed by atoms with E-state index in [0.717, 1.165) is 44.9 Å². The number of Topliss-reactive ketones (excluding diaryl/α,β-unsaturated/α-hetero) is 1. The van der Waals surface area contributed by atoms with E-state index in [0.29, 0.717) is 42.9 Å². The smallest absolute Gasteiger partial charge is 0.167 e. The van der Waals surface area contributed by atoms with Crippen LogP contribution in [0.5, 0.6) is 0 Å². The Balaban J connectivity index is 1.55. The third kappa shape index (κ3) is 1.72. The van der Waals surface area contributed by atoms with Gasteiger partial charge in [0, 0.05) is 18.3 Å². The van der Waals surface area contributed by atoms with E-state index < -0.39 is 5.60 Å². The predicted molar refractivity (Wildman–Crippen MR) is 90.4 cm³/mol. The van der Waals surface area contributed by atoms with Crippen molar-refractivity contribution in [2.45, 2.75) is 70.3 Å². The summed E-state index contributed by atoms with van der Waals surface area (Å²) >= 11 is 0. The van der Waals surface area contributed by atoms with Crippen LogP contribution in [-0.2, 0) is 14.3 Å². The molecule has 1 spiro atoms. The molecule has 0 aromatic heterocycles. The first-order valence-electron chi connectivity index (χ1n) is 9.68. The van der Waals surface area contributed by atoms with Crippen LogP contribution in [0, 0.1) is 17.3 Å². The molecule has 4 atom stereocenters.